The van der Waals surface area contributed by atoms with E-state index in [4.69, 9.17) is 32.4 Å². The molecule has 1 heterocycles. The number of nitrogens with zero attached hydrogens (tertiary/aromatic N) is 1. The second kappa shape index (κ2) is 7.54. The van der Waals surface area contributed by atoms with Gasteiger partial charge in [-0.25, -0.2) is 5.43 Å². The van der Waals surface area contributed by atoms with E-state index < -0.39 is 5.91 Å². The predicted octanol–water partition coefficient (Wildman–Crippen LogP) is 5.67. The van der Waals surface area contributed by atoms with E-state index >= 15 is 0 Å². The summed E-state index contributed by atoms with van der Waals surface area (Å²) in [5.41, 5.74) is 3.61. The first-order valence-corrected chi connectivity index (χ1v) is 9.10. The van der Waals surface area contributed by atoms with Crippen molar-refractivity contribution in [3.05, 3.63) is 76.0 Å². The molecule has 0 spiro atoms. The number of hydrogen-bond acceptors (Lipinski definition) is 4. The Morgan fingerprint density at radius 1 is 1.11 bits per heavy atom. The van der Waals surface area contributed by atoms with Crippen LogP contribution in [0.5, 0.6) is 5.75 Å². The second-order valence-electron chi connectivity index (χ2n) is 6.02. The third kappa shape index (κ3) is 3.42. The summed E-state index contributed by atoms with van der Waals surface area (Å²) >= 11 is 12.1. The summed E-state index contributed by atoms with van der Waals surface area (Å²) in [5.74, 6) is 0.113. The monoisotopic (exact) mass is 412 g/mol. The molecule has 1 N–H and O–H groups in total. The fourth-order valence-corrected chi connectivity index (χ4v) is 3.60. The smallest absolute Gasteiger partial charge is 0.307 e. The molecule has 1 aromatic heterocycles. The molecule has 0 saturated heterocycles. The Kier molecular flexibility index (Phi) is 4.94. The van der Waals surface area contributed by atoms with Gasteiger partial charge in [0.15, 0.2) is 5.76 Å². The summed E-state index contributed by atoms with van der Waals surface area (Å²) in [5, 5.41) is 7.71. The van der Waals surface area contributed by atoms with Crippen molar-refractivity contribution < 1.29 is 13.9 Å². The molecule has 0 unspecified atom stereocenters. The molecule has 0 atom stereocenters. The maximum Gasteiger partial charge on any atom is 0.307 e. The lowest BCUT2D eigenvalue weighted by molar-refractivity contribution is 0.0929. The number of nitrogens with one attached hydrogen (secondary N) is 1. The molecule has 3 aromatic carbocycles. The van der Waals surface area contributed by atoms with Crippen LogP contribution in [0, 0.1) is 0 Å². The van der Waals surface area contributed by atoms with Gasteiger partial charge in [0.1, 0.15) is 11.3 Å². The molecule has 140 valence electrons. The number of furan rings is 1. The Morgan fingerprint density at radius 2 is 1.93 bits per heavy atom. The van der Waals surface area contributed by atoms with Crippen LogP contribution in [0.3, 0.4) is 0 Å². The van der Waals surface area contributed by atoms with Crippen LogP contribution in [0.15, 0.2) is 64.1 Å². The lowest BCUT2D eigenvalue weighted by Crippen LogP contribution is -2.16. The molecular weight excluding hydrogens is 399 g/mol. The van der Waals surface area contributed by atoms with E-state index in [9.17, 15) is 4.79 Å². The van der Waals surface area contributed by atoms with Gasteiger partial charge in [-0.2, -0.15) is 5.10 Å². The summed E-state index contributed by atoms with van der Waals surface area (Å²) in [6.07, 6.45) is 1.41. The fourth-order valence-electron chi connectivity index (χ4n) is 3.01. The summed E-state index contributed by atoms with van der Waals surface area (Å²) in [6, 6.07) is 16.6. The van der Waals surface area contributed by atoms with Crippen LogP contribution in [0.4, 0.5) is 0 Å². The van der Waals surface area contributed by atoms with E-state index in [0.717, 1.165) is 16.2 Å². The van der Waals surface area contributed by atoms with Gasteiger partial charge in [0.05, 0.1) is 18.3 Å². The molecule has 0 bridgehead atoms. The van der Waals surface area contributed by atoms with Crippen molar-refractivity contribution in [2.45, 2.75) is 0 Å². The van der Waals surface area contributed by atoms with Gasteiger partial charge in [-0.1, -0.05) is 53.5 Å². The Morgan fingerprint density at radius 3 is 2.75 bits per heavy atom. The minimum atomic E-state index is -0.469. The van der Waals surface area contributed by atoms with Crippen LogP contribution in [0.2, 0.25) is 10.0 Å². The first-order chi connectivity index (χ1) is 13.6. The van der Waals surface area contributed by atoms with Crippen molar-refractivity contribution in [2.24, 2.45) is 5.10 Å². The largest absolute Gasteiger partial charge is 0.495 e. The standard InChI is InChI=1S/C21H14Cl2N2O3/c1-27-20-13(8-14(22)9-17(20)23)11-24-25-21(26)19-10-16-15-5-3-2-4-12(15)6-7-18(16)28-19/h2-11H,1H3,(H,25,26). The van der Waals surface area contributed by atoms with E-state index in [1.54, 1.807) is 18.2 Å². The summed E-state index contributed by atoms with van der Waals surface area (Å²) in [7, 11) is 1.49. The SMILES string of the molecule is COc1c(Cl)cc(Cl)cc1C=NNC(=O)c1cc2c(ccc3ccccc32)o1. The van der Waals surface area contributed by atoms with Crippen LogP contribution in [0.25, 0.3) is 21.7 Å². The highest BCUT2D eigenvalue weighted by atomic mass is 35.5. The molecule has 0 aliphatic carbocycles. The zero-order chi connectivity index (χ0) is 19.7. The number of carbonyl (C=O) groups is 1. The van der Waals surface area contributed by atoms with Crippen molar-refractivity contribution in [3.8, 4) is 5.75 Å². The summed E-state index contributed by atoms with van der Waals surface area (Å²) < 4.78 is 10.9. The number of halogens is 2. The lowest BCUT2D eigenvalue weighted by atomic mass is 10.1. The molecule has 7 heteroatoms. The van der Waals surface area contributed by atoms with Gasteiger partial charge >= 0.3 is 5.91 Å². The average Bonchev–Trinajstić information content (AvgIpc) is 3.12. The van der Waals surface area contributed by atoms with Crippen LogP contribution in [0.1, 0.15) is 16.1 Å². The Labute approximate surface area is 170 Å². The summed E-state index contributed by atoms with van der Waals surface area (Å²) in [6.45, 7) is 0. The molecule has 28 heavy (non-hydrogen) atoms. The molecule has 1 amide bonds. The first kappa shape index (κ1) is 18.3. The van der Waals surface area contributed by atoms with Crippen molar-refractivity contribution in [1.82, 2.24) is 5.43 Å². The van der Waals surface area contributed by atoms with Crippen LogP contribution in [-0.4, -0.2) is 19.2 Å². The fraction of sp³-hybridized carbons (Fsp3) is 0.0476. The number of hydrogen-bond donors (Lipinski definition) is 1. The van der Waals surface area contributed by atoms with Crippen LogP contribution >= 0.6 is 23.2 Å². The maximum absolute atomic E-state index is 12.4. The number of rotatable bonds is 4. The Bertz CT molecular complexity index is 1230. The van der Waals surface area contributed by atoms with Crippen LogP contribution < -0.4 is 10.2 Å². The van der Waals surface area contributed by atoms with E-state index in [0.29, 0.717) is 26.9 Å². The zero-order valence-electron chi connectivity index (χ0n) is 14.7. The van der Waals surface area contributed by atoms with Gasteiger partial charge in [0.25, 0.3) is 0 Å². The quantitative estimate of drug-likeness (QED) is 0.347. The van der Waals surface area contributed by atoms with Gasteiger partial charge in [-0.15, -0.1) is 0 Å². The topological polar surface area (TPSA) is 63.8 Å². The lowest BCUT2D eigenvalue weighted by Gasteiger charge is -2.07. The summed E-state index contributed by atoms with van der Waals surface area (Å²) in [4.78, 5) is 12.4. The number of carbonyl (C=O) groups excluding carboxylic acids is 1. The maximum atomic E-state index is 12.4. The predicted molar refractivity (Wildman–Crippen MR) is 112 cm³/mol. The minimum absolute atomic E-state index is 0.166. The van der Waals surface area contributed by atoms with Crippen molar-refractivity contribution in [3.63, 3.8) is 0 Å². The molecule has 0 aliphatic rings. The third-order valence-corrected chi connectivity index (χ3v) is 4.76. The second-order valence-corrected chi connectivity index (χ2v) is 6.86. The number of amides is 1. The molecule has 4 rings (SSSR count). The minimum Gasteiger partial charge on any atom is -0.495 e. The van der Waals surface area contributed by atoms with Gasteiger partial charge in [-0.3, -0.25) is 4.79 Å². The molecule has 5 nitrogen and oxygen atoms in total. The van der Waals surface area contributed by atoms with Gasteiger partial charge < -0.3 is 9.15 Å². The normalized spacial score (nSPS) is 11.4. The molecule has 0 fully saturated rings. The van der Waals surface area contributed by atoms with Gasteiger partial charge in [0, 0.05) is 16.0 Å². The van der Waals surface area contributed by atoms with Crippen molar-refractivity contribution >= 4 is 57.1 Å². The molecule has 0 saturated carbocycles. The number of hydrazone groups is 1. The number of ether oxygens (including phenoxy) is 1. The van der Waals surface area contributed by atoms with E-state index in [2.05, 4.69) is 10.5 Å². The van der Waals surface area contributed by atoms with Crippen molar-refractivity contribution in [1.29, 1.82) is 0 Å². The Balaban J connectivity index is 1.59. The van der Waals surface area contributed by atoms with Gasteiger partial charge in [0.2, 0.25) is 0 Å². The molecule has 0 aliphatic heterocycles. The van der Waals surface area contributed by atoms with Crippen molar-refractivity contribution in [2.75, 3.05) is 7.11 Å². The van der Waals surface area contributed by atoms with E-state index in [-0.39, 0.29) is 5.76 Å². The highest BCUT2D eigenvalue weighted by Crippen LogP contribution is 2.31. The highest BCUT2D eigenvalue weighted by Gasteiger charge is 2.14. The van der Waals surface area contributed by atoms with Crippen LogP contribution in [-0.2, 0) is 0 Å². The number of fused-ring (bicyclic) bond motifs is 3. The zero-order valence-corrected chi connectivity index (χ0v) is 16.2. The Hall–Kier alpha value is -3.02. The van der Waals surface area contributed by atoms with E-state index in [1.807, 2.05) is 36.4 Å². The molecule has 0 radical (unpaired) electrons. The number of benzene rings is 3. The highest BCUT2D eigenvalue weighted by molar-refractivity contribution is 6.36. The number of methoxy groups -OCH3 is 1. The van der Waals surface area contributed by atoms with Gasteiger partial charge in [-0.05, 0) is 35.0 Å². The first-order valence-electron chi connectivity index (χ1n) is 8.34. The molecule has 4 aromatic rings. The third-order valence-electron chi connectivity index (χ3n) is 4.26. The molecular formula is C21H14Cl2N2O3. The van der Waals surface area contributed by atoms with E-state index in [1.165, 1.54) is 13.3 Å². The average molecular weight is 413 g/mol.